The fourth-order valence-electron chi connectivity index (χ4n) is 3.25. The fourth-order valence-corrected chi connectivity index (χ4v) is 3.25. The molecule has 0 aliphatic heterocycles. The van der Waals surface area contributed by atoms with E-state index in [4.69, 9.17) is 24.7 Å². The fraction of sp³-hybridized carbons (Fsp3) is 0.630. The number of carboxylic acids is 1. The molecule has 0 saturated heterocycles. The lowest BCUT2D eigenvalue weighted by Gasteiger charge is -2.25. The zero-order valence-corrected chi connectivity index (χ0v) is 23.0. The molecule has 0 aliphatic carbocycles. The van der Waals surface area contributed by atoms with Crippen molar-refractivity contribution in [1.82, 2.24) is 0 Å². The first-order chi connectivity index (χ1) is 17.2. The number of rotatable bonds is 13. The molecule has 3 N–H and O–H groups in total. The standard InChI is InChI=1S/C27H41NO9/c1-9-34-27(33)35-16(6)12-20(23(28)24(29)30)19-10-11-21(36-25(31)17(7)14(2)3)22(13-19)37-26(32)18(8)15(4)5/h10-11,13-18,20,23H,9,12,28H2,1-8H3,(H,29,30)/t16?,17?,18?,20?,23-/m0/s1. The lowest BCUT2D eigenvalue weighted by molar-refractivity contribution is -0.142. The monoisotopic (exact) mass is 523 g/mol. The highest BCUT2D eigenvalue weighted by Gasteiger charge is 2.31. The number of nitrogens with two attached hydrogens (primary N) is 1. The van der Waals surface area contributed by atoms with E-state index in [0.29, 0.717) is 5.56 Å². The number of carbonyl (C=O) groups excluding carboxylic acids is 3. The molecule has 1 aromatic carbocycles. The number of carbonyl (C=O) groups is 4. The van der Waals surface area contributed by atoms with Crippen LogP contribution in [-0.4, -0.2) is 47.9 Å². The van der Waals surface area contributed by atoms with E-state index in [0.717, 1.165) is 0 Å². The molecule has 0 saturated carbocycles. The number of hydrogen-bond acceptors (Lipinski definition) is 9. The van der Waals surface area contributed by atoms with Crippen LogP contribution in [-0.2, 0) is 23.9 Å². The van der Waals surface area contributed by atoms with Gasteiger partial charge in [0.1, 0.15) is 12.1 Å². The summed E-state index contributed by atoms with van der Waals surface area (Å²) in [7, 11) is 0. The van der Waals surface area contributed by atoms with Gasteiger partial charge in [0.15, 0.2) is 11.5 Å². The molecular formula is C27H41NO9. The maximum absolute atomic E-state index is 12.8. The Kier molecular flexibility index (Phi) is 12.6. The van der Waals surface area contributed by atoms with Crippen LogP contribution in [0.15, 0.2) is 18.2 Å². The van der Waals surface area contributed by atoms with Crippen molar-refractivity contribution in [1.29, 1.82) is 0 Å². The molecule has 0 fully saturated rings. The van der Waals surface area contributed by atoms with Crippen molar-refractivity contribution in [2.24, 2.45) is 29.4 Å². The summed E-state index contributed by atoms with van der Waals surface area (Å²) in [6.45, 7) is 14.3. The average Bonchev–Trinajstić information content (AvgIpc) is 2.81. The van der Waals surface area contributed by atoms with E-state index >= 15 is 0 Å². The zero-order chi connectivity index (χ0) is 28.4. The first kappa shape index (κ1) is 31.9. The smallest absolute Gasteiger partial charge is 0.480 e. The summed E-state index contributed by atoms with van der Waals surface area (Å²) < 4.78 is 21.2. The Morgan fingerprint density at radius 1 is 0.865 bits per heavy atom. The van der Waals surface area contributed by atoms with Crippen molar-refractivity contribution >= 4 is 24.1 Å². The van der Waals surface area contributed by atoms with Crippen LogP contribution < -0.4 is 15.2 Å². The SMILES string of the molecule is CCOC(=O)OC(C)CC(c1ccc(OC(=O)C(C)C(C)C)c(OC(=O)C(C)C(C)C)c1)[C@H](N)C(=O)O. The predicted octanol–water partition coefficient (Wildman–Crippen LogP) is 4.53. The molecule has 10 nitrogen and oxygen atoms in total. The van der Waals surface area contributed by atoms with Gasteiger partial charge in [0, 0.05) is 5.92 Å². The Balaban J connectivity index is 3.44. The molecule has 1 aromatic rings. The molecule has 5 atom stereocenters. The molecule has 1 rings (SSSR count). The van der Waals surface area contributed by atoms with Crippen molar-refractivity contribution in [3.05, 3.63) is 23.8 Å². The third-order valence-corrected chi connectivity index (χ3v) is 6.42. The molecule has 208 valence electrons. The van der Waals surface area contributed by atoms with Crippen molar-refractivity contribution < 1.29 is 43.2 Å². The molecule has 4 unspecified atom stereocenters. The Morgan fingerprint density at radius 3 is 1.84 bits per heavy atom. The zero-order valence-electron chi connectivity index (χ0n) is 23.0. The van der Waals surface area contributed by atoms with E-state index in [1.807, 2.05) is 27.7 Å². The van der Waals surface area contributed by atoms with Gasteiger partial charge in [-0.05, 0) is 49.8 Å². The lowest BCUT2D eigenvalue weighted by atomic mass is 9.87. The minimum atomic E-state index is -1.36. The van der Waals surface area contributed by atoms with Gasteiger partial charge in [-0.2, -0.15) is 0 Å². The quantitative estimate of drug-likeness (QED) is 0.279. The highest BCUT2D eigenvalue weighted by Crippen LogP contribution is 2.36. The maximum Gasteiger partial charge on any atom is 0.508 e. The van der Waals surface area contributed by atoms with Crippen molar-refractivity contribution in [3.63, 3.8) is 0 Å². The van der Waals surface area contributed by atoms with Crippen LogP contribution in [0.4, 0.5) is 4.79 Å². The van der Waals surface area contributed by atoms with Crippen molar-refractivity contribution in [2.75, 3.05) is 6.61 Å². The second kappa shape index (κ2) is 14.6. The van der Waals surface area contributed by atoms with Gasteiger partial charge in [-0.15, -0.1) is 0 Å². The third-order valence-electron chi connectivity index (χ3n) is 6.42. The Hall–Kier alpha value is -3.14. The number of carboxylic acid groups (broad SMARTS) is 1. The summed E-state index contributed by atoms with van der Waals surface area (Å²) >= 11 is 0. The lowest BCUT2D eigenvalue weighted by Crippen LogP contribution is -2.38. The molecule has 0 heterocycles. The van der Waals surface area contributed by atoms with Gasteiger partial charge in [0.05, 0.1) is 18.4 Å². The average molecular weight is 524 g/mol. The van der Waals surface area contributed by atoms with Crippen LogP contribution in [0.5, 0.6) is 11.5 Å². The Bertz CT molecular complexity index is 944. The Labute approximate surface area is 218 Å². The first-order valence-corrected chi connectivity index (χ1v) is 12.6. The minimum Gasteiger partial charge on any atom is -0.480 e. The molecule has 0 bridgehead atoms. The van der Waals surface area contributed by atoms with Gasteiger partial charge in [0.2, 0.25) is 0 Å². The van der Waals surface area contributed by atoms with E-state index in [-0.39, 0.29) is 36.4 Å². The summed E-state index contributed by atoms with van der Waals surface area (Å²) in [4.78, 5) is 48.9. The van der Waals surface area contributed by atoms with E-state index in [1.165, 1.54) is 12.1 Å². The van der Waals surface area contributed by atoms with Gasteiger partial charge in [-0.25, -0.2) is 4.79 Å². The molecule has 37 heavy (non-hydrogen) atoms. The maximum atomic E-state index is 12.8. The predicted molar refractivity (Wildman–Crippen MR) is 136 cm³/mol. The highest BCUT2D eigenvalue weighted by atomic mass is 16.7. The largest absolute Gasteiger partial charge is 0.508 e. The van der Waals surface area contributed by atoms with E-state index in [2.05, 4.69) is 0 Å². The summed E-state index contributed by atoms with van der Waals surface area (Å²) in [5.41, 5.74) is 6.41. The summed E-state index contributed by atoms with van der Waals surface area (Å²) in [5, 5.41) is 9.62. The van der Waals surface area contributed by atoms with Gasteiger partial charge in [0.25, 0.3) is 0 Å². The topological polar surface area (TPSA) is 151 Å². The number of benzene rings is 1. The molecule has 0 spiro atoms. The number of esters is 2. The van der Waals surface area contributed by atoms with Crippen molar-refractivity contribution in [2.45, 2.75) is 79.9 Å². The first-order valence-electron chi connectivity index (χ1n) is 12.6. The molecule has 0 amide bonds. The molecule has 0 aromatic heterocycles. The van der Waals surface area contributed by atoms with Crippen LogP contribution >= 0.6 is 0 Å². The van der Waals surface area contributed by atoms with Crippen molar-refractivity contribution in [3.8, 4) is 11.5 Å². The van der Waals surface area contributed by atoms with Crippen LogP contribution in [0.1, 0.15) is 73.3 Å². The molecule has 0 radical (unpaired) electrons. The molecule has 0 aliphatic rings. The normalized spacial score (nSPS) is 15.3. The summed E-state index contributed by atoms with van der Waals surface area (Å²) in [6.07, 6.45) is -1.56. The van der Waals surface area contributed by atoms with Gasteiger partial charge in [-0.1, -0.05) is 47.6 Å². The Morgan fingerprint density at radius 2 is 1.38 bits per heavy atom. The van der Waals surface area contributed by atoms with Crippen LogP contribution in [0, 0.1) is 23.7 Å². The number of hydrogen-bond donors (Lipinski definition) is 2. The third kappa shape index (κ3) is 9.68. The second-order valence-corrected chi connectivity index (χ2v) is 9.93. The summed E-state index contributed by atoms with van der Waals surface area (Å²) in [6, 6.07) is 3.08. The highest BCUT2D eigenvalue weighted by molar-refractivity contribution is 5.79. The van der Waals surface area contributed by atoms with Gasteiger partial charge in [-0.3, -0.25) is 14.4 Å². The van der Waals surface area contributed by atoms with Gasteiger partial charge >= 0.3 is 24.1 Å². The molecular weight excluding hydrogens is 482 g/mol. The second-order valence-electron chi connectivity index (χ2n) is 9.93. The summed E-state index contributed by atoms with van der Waals surface area (Å²) in [5.74, 6) is -3.95. The van der Waals surface area contributed by atoms with Crippen LogP contribution in [0.3, 0.4) is 0 Å². The number of ether oxygens (including phenoxy) is 4. The van der Waals surface area contributed by atoms with E-state index in [1.54, 1.807) is 33.8 Å². The number of aliphatic carboxylic acids is 1. The minimum absolute atomic E-state index is 0.00305. The van der Waals surface area contributed by atoms with E-state index < -0.39 is 54.0 Å². The van der Waals surface area contributed by atoms with E-state index in [9.17, 15) is 24.3 Å². The van der Waals surface area contributed by atoms with Crippen LogP contribution in [0.2, 0.25) is 0 Å². The van der Waals surface area contributed by atoms with Gasteiger partial charge < -0.3 is 29.8 Å². The van der Waals surface area contributed by atoms with Crippen LogP contribution in [0.25, 0.3) is 0 Å². The molecule has 10 heteroatoms.